The Labute approximate surface area is 155 Å². The highest BCUT2D eigenvalue weighted by Gasteiger charge is 2.25. The van der Waals surface area contributed by atoms with Gasteiger partial charge in [-0.15, -0.1) is 11.3 Å². The van der Waals surface area contributed by atoms with Gasteiger partial charge in [-0.05, 0) is 19.1 Å². The molecule has 0 aliphatic heterocycles. The van der Waals surface area contributed by atoms with Gasteiger partial charge in [0.2, 0.25) is 0 Å². The van der Waals surface area contributed by atoms with E-state index in [0.717, 1.165) is 11.3 Å². The van der Waals surface area contributed by atoms with Gasteiger partial charge in [0.25, 0.3) is 0 Å². The molecule has 0 amide bonds. The summed E-state index contributed by atoms with van der Waals surface area (Å²) in [6, 6.07) is 3.06. The number of nitriles is 1. The highest BCUT2D eigenvalue weighted by Crippen LogP contribution is 2.32. The van der Waals surface area contributed by atoms with E-state index in [1.54, 1.807) is 6.92 Å². The van der Waals surface area contributed by atoms with Gasteiger partial charge in [0.15, 0.2) is 11.6 Å². The molecule has 1 aromatic heterocycles. The largest absolute Gasteiger partial charge is 0.462 e. The van der Waals surface area contributed by atoms with Crippen molar-refractivity contribution in [3.8, 4) is 6.07 Å². The van der Waals surface area contributed by atoms with Crippen LogP contribution in [0.25, 0.3) is 0 Å². The number of halogens is 3. The van der Waals surface area contributed by atoms with Crippen molar-refractivity contribution in [3.63, 3.8) is 0 Å². The maximum absolute atomic E-state index is 13.3. The number of nitrogens with two attached hydrogens (primary N) is 1. The molecule has 0 fully saturated rings. The lowest BCUT2D eigenvalue weighted by molar-refractivity contribution is 0.0452. The molecule has 0 bridgehead atoms. The number of hydrogen-bond acceptors (Lipinski definition) is 7. The van der Waals surface area contributed by atoms with Crippen LogP contribution in [0.4, 0.5) is 13.8 Å². The minimum Gasteiger partial charge on any atom is -0.462 e. The fraction of sp³-hybridized carbons (Fsp3) is 0.188. The number of esters is 2. The molecule has 0 saturated heterocycles. The molecule has 0 radical (unpaired) electrons. The average molecular weight is 401 g/mol. The molecule has 6 nitrogen and oxygen atoms in total. The molecular weight excluding hydrogens is 390 g/mol. The number of carbonyl (C=O) groups is 2. The fourth-order valence-electron chi connectivity index (χ4n) is 2.00. The number of benzene rings is 1. The molecule has 136 valence electrons. The number of ether oxygens (including phenoxy) is 2. The van der Waals surface area contributed by atoms with Crippen molar-refractivity contribution < 1.29 is 27.8 Å². The summed E-state index contributed by atoms with van der Waals surface area (Å²) in [5.41, 5.74) is 5.35. The number of carbonyl (C=O) groups excluding carboxylic acids is 2. The lowest BCUT2D eigenvalue weighted by Gasteiger charge is -2.08. The smallest absolute Gasteiger partial charge is 0.348 e. The molecule has 0 saturated carbocycles. The number of thiophene rings is 1. The zero-order chi connectivity index (χ0) is 19.4. The number of anilines is 1. The number of nitrogen functional groups attached to an aromatic ring is 1. The fourth-order valence-corrected chi connectivity index (χ4v) is 3.15. The summed E-state index contributed by atoms with van der Waals surface area (Å²) < 4.78 is 36.2. The van der Waals surface area contributed by atoms with Gasteiger partial charge in [-0.1, -0.05) is 11.6 Å². The second-order valence-corrected chi connectivity index (χ2v) is 6.26. The Balaban J connectivity index is 2.29. The normalized spacial score (nSPS) is 10.3. The van der Waals surface area contributed by atoms with Gasteiger partial charge in [-0.25, -0.2) is 18.4 Å². The Kier molecular flexibility index (Phi) is 6.13. The first-order valence-electron chi connectivity index (χ1n) is 7.10. The van der Waals surface area contributed by atoms with E-state index in [1.807, 2.05) is 6.07 Å². The van der Waals surface area contributed by atoms with E-state index < -0.39 is 35.7 Å². The summed E-state index contributed by atoms with van der Waals surface area (Å²) in [5.74, 6) is -4.26. The first-order chi connectivity index (χ1) is 12.3. The molecule has 0 aliphatic rings. The molecule has 10 heteroatoms. The Morgan fingerprint density at radius 3 is 2.54 bits per heavy atom. The van der Waals surface area contributed by atoms with Crippen molar-refractivity contribution >= 4 is 39.9 Å². The Bertz CT molecular complexity index is 924. The average Bonchev–Trinajstić information content (AvgIpc) is 2.91. The van der Waals surface area contributed by atoms with Crippen molar-refractivity contribution in [2.24, 2.45) is 0 Å². The van der Waals surface area contributed by atoms with Crippen molar-refractivity contribution in [1.29, 1.82) is 5.26 Å². The minimum atomic E-state index is -1.27. The second kappa shape index (κ2) is 8.12. The molecule has 2 rings (SSSR count). The van der Waals surface area contributed by atoms with Gasteiger partial charge in [0.05, 0.1) is 22.8 Å². The Morgan fingerprint density at radius 2 is 1.92 bits per heavy atom. The van der Waals surface area contributed by atoms with Gasteiger partial charge in [-0.2, -0.15) is 5.26 Å². The summed E-state index contributed by atoms with van der Waals surface area (Å²) in [7, 11) is 0. The van der Waals surface area contributed by atoms with Crippen molar-refractivity contribution in [2.45, 2.75) is 13.5 Å². The van der Waals surface area contributed by atoms with Crippen LogP contribution in [-0.2, 0) is 16.1 Å². The lowest BCUT2D eigenvalue weighted by atomic mass is 10.1. The van der Waals surface area contributed by atoms with Crippen LogP contribution >= 0.6 is 22.9 Å². The molecule has 0 spiro atoms. The number of rotatable bonds is 5. The predicted molar refractivity (Wildman–Crippen MR) is 89.9 cm³/mol. The predicted octanol–water partition coefficient (Wildman–Crippen LogP) is 3.67. The zero-order valence-corrected chi connectivity index (χ0v) is 14.8. The highest BCUT2D eigenvalue weighted by molar-refractivity contribution is 7.18. The van der Waals surface area contributed by atoms with Gasteiger partial charge in [-0.3, -0.25) is 0 Å². The van der Waals surface area contributed by atoms with Crippen molar-refractivity contribution in [2.75, 3.05) is 12.3 Å². The molecule has 0 atom stereocenters. The highest BCUT2D eigenvalue weighted by atomic mass is 35.5. The molecule has 26 heavy (non-hydrogen) atoms. The van der Waals surface area contributed by atoms with E-state index in [4.69, 9.17) is 26.8 Å². The molecule has 0 aliphatic carbocycles. The van der Waals surface area contributed by atoms with Crippen LogP contribution in [-0.4, -0.2) is 18.5 Å². The van der Waals surface area contributed by atoms with Crippen LogP contribution in [0.1, 0.15) is 38.1 Å². The standard InChI is InChI=1S/C16H11ClF2N2O4S/c1-2-24-16(23)13-9(8(5-20)14(21)26-13)6-25-15(22)7-3-11(18)12(19)4-10(7)17/h3-4H,2,6,21H2,1H3. The van der Waals surface area contributed by atoms with E-state index in [2.05, 4.69) is 0 Å². The van der Waals surface area contributed by atoms with Crippen LogP contribution in [0.2, 0.25) is 5.02 Å². The third kappa shape index (κ3) is 3.92. The molecule has 1 aromatic carbocycles. The van der Waals surface area contributed by atoms with E-state index >= 15 is 0 Å². The number of hydrogen-bond donors (Lipinski definition) is 1. The summed E-state index contributed by atoms with van der Waals surface area (Å²) >= 11 is 6.53. The summed E-state index contributed by atoms with van der Waals surface area (Å²) in [6.45, 7) is 1.20. The van der Waals surface area contributed by atoms with E-state index in [1.165, 1.54) is 0 Å². The summed E-state index contributed by atoms with van der Waals surface area (Å²) in [6.07, 6.45) is 0. The van der Waals surface area contributed by atoms with Gasteiger partial charge in [0, 0.05) is 5.56 Å². The zero-order valence-electron chi connectivity index (χ0n) is 13.3. The van der Waals surface area contributed by atoms with Gasteiger partial charge < -0.3 is 15.2 Å². The molecule has 2 N–H and O–H groups in total. The topological polar surface area (TPSA) is 102 Å². The first kappa shape index (κ1) is 19.6. The Hall–Kier alpha value is -2.70. The van der Waals surface area contributed by atoms with Crippen LogP contribution < -0.4 is 5.73 Å². The van der Waals surface area contributed by atoms with Crippen LogP contribution in [0.3, 0.4) is 0 Å². The third-order valence-corrected chi connectivity index (χ3v) is 4.54. The quantitative estimate of drug-likeness (QED) is 0.606. The van der Waals surface area contributed by atoms with Gasteiger partial charge in [0.1, 0.15) is 22.6 Å². The summed E-state index contributed by atoms with van der Waals surface area (Å²) in [5, 5.41) is 8.91. The van der Waals surface area contributed by atoms with Crippen LogP contribution in [0, 0.1) is 23.0 Å². The maximum Gasteiger partial charge on any atom is 0.348 e. The molecular formula is C16H11ClF2N2O4S. The lowest BCUT2D eigenvalue weighted by Crippen LogP contribution is -2.11. The summed E-state index contributed by atoms with van der Waals surface area (Å²) in [4.78, 5) is 24.1. The first-order valence-corrected chi connectivity index (χ1v) is 8.29. The third-order valence-electron chi connectivity index (χ3n) is 3.18. The van der Waals surface area contributed by atoms with E-state index in [9.17, 15) is 23.6 Å². The molecule has 2 aromatic rings. The Morgan fingerprint density at radius 1 is 1.27 bits per heavy atom. The minimum absolute atomic E-state index is 0.0186. The van der Waals surface area contributed by atoms with Crippen LogP contribution in [0.5, 0.6) is 0 Å². The van der Waals surface area contributed by atoms with Crippen LogP contribution in [0.15, 0.2) is 12.1 Å². The SMILES string of the molecule is CCOC(=O)c1sc(N)c(C#N)c1COC(=O)c1cc(F)c(F)cc1Cl. The second-order valence-electron chi connectivity index (χ2n) is 4.80. The molecule has 1 heterocycles. The van der Waals surface area contributed by atoms with E-state index in [0.29, 0.717) is 12.1 Å². The molecule has 0 unspecified atom stereocenters. The number of nitrogens with zero attached hydrogens (tertiary/aromatic N) is 1. The maximum atomic E-state index is 13.3. The monoisotopic (exact) mass is 400 g/mol. The van der Waals surface area contributed by atoms with Crippen molar-refractivity contribution in [1.82, 2.24) is 0 Å². The van der Waals surface area contributed by atoms with Crippen molar-refractivity contribution in [3.05, 3.63) is 50.4 Å². The van der Waals surface area contributed by atoms with Gasteiger partial charge >= 0.3 is 11.9 Å². The van der Waals surface area contributed by atoms with E-state index in [-0.39, 0.29) is 32.6 Å².